The summed E-state index contributed by atoms with van der Waals surface area (Å²) in [7, 11) is 0. The Morgan fingerprint density at radius 1 is 0.429 bits per heavy atom. The van der Waals surface area contributed by atoms with E-state index in [1.807, 2.05) is 30.3 Å². The lowest BCUT2D eigenvalue weighted by atomic mass is 9.97. The number of fused-ring (bicyclic) bond motifs is 6. The van der Waals surface area contributed by atoms with Crippen molar-refractivity contribution in [2.24, 2.45) is 4.99 Å². The molecule has 0 amide bonds. The Kier molecular flexibility index (Phi) is 7.52. The van der Waals surface area contributed by atoms with Crippen molar-refractivity contribution in [2.45, 2.75) is 6.17 Å². The molecular weight excluding hydrogens is 683 g/mol. The third-order valence-corrected chi connectivity index (χ3v) is 11.0. The van der Waals surface area contributed by atoms with E-state index < -0.39 is 0 Å². The van der Waals surface area contributed by atoms with Crippen LogP contribution in [0.5, 0.6) is 0 Å². The first-order valence-corrected chi connectivity index (χ1v) is 19.0. The van der Waals surface area contributed by atoms with E-state index in [9.17, 15) is 0 Å². The van der Waals surface area contributed by atoms with Gasteiger partial charge in [-0.3, -0.25) is 4.99 Å². The van der Waals surface area contributed by atoms with Gasteiger partial charge in [-0.05, 0) is 81.4 Å². The van der Waals surface area contributed by atoms with Gasteiger partial charge in [0.2, 0.25) is 0 Å². The smallest absolute Gasteiger partial charge is 0.135 e. The molecule has 0 bridgehead atoms. The van der Waals surface area contributed by atoms with Crippen molar-refractivity contribution in [3.8, 4) is 27.9 Å². The third-order valence-electron chi connectivity index (χ3n) is 11.0. The zero-order valence-electron chi connectivity index (χ0n) is 30.4. The van der Waals surface area contributed by atoms with Gasteiger partial charge in [0.15, 0.2) is 0 Å². The summed E-state index contributed by atoms with van der Waals surface area (Å²) in [6.07, 6.45) is 1.78. The number of para-hydroxylation sites is 3. The minimum atomic E-state index is -0.337. The largest absolute Gasteiger partial charge is 0.659 e. The second kappa shape index (κ2) is 13.2. The molecule has 0 fully saturated rings. The van der Waals surface area contributed by atoms with Crippen molar-refractivity contribution in [3.05, 3.63) is 222 Å². The van der Waals surface area contributed by atoms with Gasteiger partial charge in [0, 0.05) is 33.4 Å². The van der Waals surface area contributed by atoms with Crippen molar-refractivity contribution >= 4 is 55.2 Å². The lowest BCUT2D eigenvalue weighted by molar-refractivity contribution is 0.669. The zero-order valence-corrected chi connectivity index (χ0v) is 30.4. The maximum atomic E-state index is 6.07. The number of benzene rings is 8. The molecule has 8 aromatic carbocycles. The SMILES string of the molecule is C1=C(c2ccc(-c3ccc(-n4c5ccccc5c5ccccc54)cc3)cc2)[N-]C(c2ccccc2)N=C1c1ccc(-c2ccc3oc4ccccc4c3c2)cc1. The number of hydrogen-bond donors (Lipinski definition) is 0. The zero-order chi connectivity index (χ0) is 37.0. The highest BCUT2D eigenvalue weighted by atomic mass is 16.3. The number of aliphatic imine (C=N–C) groups is 1. The van der Waals surface area contributed by atoms with Gasteiger partial charge in [0.1, 0.15) is 11.2 Å². The van der Waals surface area contributed by atoms with Crippen LogP contribution in [0.4, 0.5) is 0 Å². The van der Waals surface area contributed by atoms with E-state index in [2.05, 4.69) is 174 Å². The van der Waals surface area contributed by atoms with E-state index in [4.69, 9.17) is 14.7 Å². The van der Waals surface area contributed by atoms with E-state index in [1.54, 1.807) is 0 Å². The standard InChI is InChI=1S/C52H34N3O/c1-2-10-39(11-3-1)52-53-46(33-47(54-52)38-24-20-36(21-25-38)40-28-31-51-45(32-40)44-14-6-9-17-50(44)56-51)37-22-18-34(19-23-37)35-26-29-41(30-27-35)55-48-15-7-4-12-42(48)43-13-5-8-16-49(43)55/h1-33,52H/q-1. The molecule has 0 radical (unpaired) electrons. The molecule has 264 valence electrons. The van der Waals surface area contributed by atoms with Crippen LogP contribution in [0.15, 0.2) is 210 Å². The Bertz CT molecular complexity index is 3080. The topological polar surface area (TPSA) is 44.5 Å². The quantitative estimate of drug-likeness (QED) is 0.169. The number of allylic oxidation sites excluding steroid dienone is 1. The van der Waals surface area contributed by atoms with Crippen LogP contribution >= 0.6 is 0 Å². The van der Waals surface area contributed by atoms with Crippen LogP contribution in [0, 0.1) is 0 Å². The molecule has 2 aromatic heterocycles. The Morgan fingerprint density at radius 3 is 1.64 bits per heavy atom. The summed E-state index contributed by atoms with van der Waals surface area (Å²) < 4.78 is 8.43. The fourth-order valence-electron chi connectivity index (χ4n) is 8.16. The molecule has 1 unspecified atom stereocenters. The molecule has 1 aliphatic rings. The highest BCUT2D eigenvalue weighted by Crippen LogP contribution is 2.39. The Labute approximate surface area is 324 Å². The molecule has 0 N–H and O–H groups in total. The van der Waals surface area contributed by atoms with E-state index in [1.165, 1.54) is 27.4 Å². The molecule has 0 spiro atoms. The van der Waals surface area contributed by atoms with Crippen molar-refractivity contribution in [3.63, 3.8) is 0 Å². The van der Waals surface area contributed by atoms with Crippen LogP contribution in [0.3, 0.4) is 0 Å². The van der Waals surface area contributed by atoms with E-state index in [0.717, 1.165) is 72.4 Å². The van der Waals surface area contributed by atoms with Gasteiger partial charge in [-0.1, -0.05) is 158 Å². The predicted octanol–water partition coefficient (Wildman–Crippen LogP) is 13.9. The fourth-order valence-corrected chi connectivity index (χ4v) is 8.16. The van der Waals surface area contributed by atoms with Crippen molar-refractivity contribution in [1.82, 2.24) is 4.57 Å². The Balaban J connectivity index is 0.896. The Hall–Kier alpha value is -7.43. The molecule has 0 saturated carbocycles. The molecule has 10 aromatic rings. The van der Waals surface area contributed by atoms with Gasteiger partial charge in [-0.15, -0.1) is 5.70 Å². The van der Waals surface area contributed by atoms with Gasteiger partial charge < -0.3 is 14.3 Å². The first-order chi connectivity index (χ1) is 27.7. The fraction of sp³-hybridized carbons (Fsp3) is 0.0192. The second-order valence-electron chi connectivity index (χ2n) is 14.3. The summed E-state index contributed by atoms with van der Waals surface area (Å²) in [5, 5.41) is 9.96. The summed E-state index contributed by atoms with van der Waals surface area (Å²) in [5.74, 6) is 0. The predicted molar refractivity (Wildman–Crippen MR) is 232 cm³/mol. The minimum Gasteiger partial charge on any atom is -0.659 e. The summed E-state index contributed by atoms with van der Waals surface area (Å²) in [4.78, 5) is 5.16. The Morgan fingerprint density at radius 2 is 0.946 bits per heavy atom. The van der Waals surface area contributed by atoms with E-state index in [-0.39, 0.29) is 6.17 Å². The number of aromatic nitrogens is 1. The lowest BCUT2D eigenvalue weighted by Gasteiger charge is -2.37. The first-order valence-electron chi connectivity index (χ1n) is 19.0. The van der Waals surface area contributed by atoms with Gasteiger partial charge in [-0.25, -0.2) is 0 Å². The first kappa shape index (κ1) is 32.0. The van der Waals surface area contributed by atoms with Crippen LogP contribution in [0.1, 0.15) is 22.9 Å². The number of furan rings is 1. The monoisotopic (exact) mass is 716 g/mol. The molecular formula is C52H34N3O-. The summed E-state index contributed by atoms with van der Waals surface area (Å²) in [6.45, 7) is 0. The van der Waals surface area contributed by atoms with Crippen molar-refractivity contribution < 1.29 is 4.42 Å². The second-order valence-corrected chi connectivity index (χ2v) is 14.3. The van der Waals surface area contributed by atoms with Crippen LogP contribution in [0.25, 0.3) is 82.7 Å². The number of nitrogens with zero attached hydrogens (tertiary/aromatic N) is 3. The summed E-state index contributed by atoms with van der Waals surface area (Å²) in [5.41, 5.74) is 15.0. The lowest BCUT2D eigenvalue weighted by Crippen LogP contribution is -2.09. The van der Waals surface area contributed by atoms with Crippen LogP contribution in [-0.2, 0) is 0 Å². The van der Waals surface area contributed by atoms with Crippen LogP contribution < -0.4 is 0 Å². The molecule has 0 saturated heterocycles. The normalized spacial score (nSPS) is 14.2. The average molecular weight is 717 g/mol. The summed E-state index contributed by atoms with van der Waals surface area (Å²) in [6, 6.07) is 68.5. The minimum absolute atomic E-state index is 0.337. The van der Waals surface area contributed by atoms with Gasteiger partial charge in [-0.2, -0.15) is 0 Å². The number of hydrogen-bond acceptors (Lipinski definition) is 2. The maximum absolute atomic E-state index is 6.07. The van der Waals surface area contributed by atoms with Crippen molar-refractivity contribution in [1.29, 1.82) is 0 Å². The van der Waals surface area contributed by atoms with Crippen molar-refractivity contribution in [2.75, 3.05) is 0 Å². The summed E-state index contributed by atoms with van der Waals surface area (Å²) >= 11 is 0. The molecule has 11 rings (SSSR count). The van der Waals surface area contributed by atoms with Crippen LogP contribution in [0.2, 0.25) is 0 Å². The maximum Gasteiger partial charge on any atom is 0.135 e. The van der Waals surface area contributed by atoms with Gasteiger partial charge in [0.25, 0.3) is 0 Å². The molecule has 56 heavy (non-hydrogen) atoms. The van der Waals surface area contributed by atoms with Gasteiger partial charge in [0.05, 0.1) is 16.7 Å². The molecule has 3 heterocycles. The molecule has 0 aliphatic carbocycles. The molecule has 1 aliphatic heterocycles. The van der Waals surface area contributed by atoms with Gasteiger partial charge >= 0.3 is 0 Å². The highest BCUT2D eigenvalue weighted by Gasteiger charge is 2.15. The average Bonchev–Trinajstić information content (AvgIpc) is 3.82. The van der Waals surface area contributed by atoms with E-state index in [0.29, 0.717) is 0 Å². The molecule has 4 heteroatoms. The van der Waals surface area contributed by atoms with E-state index >= 15 is 0 Å². The highest BCUT2D eigenvalue weighted by molar-refractivity contribution is 6.15. The third kappa shape index (κ3) is 5.50. The van der Waals surface area contributed by atoms with Crippen LogP contribution in [-0.4, -0.2) is 10.3 Å². The number of rotatable bonds is 6. The molecule has 4 nitrogen and oxygen atoms in total. The molecule has 1 atom stereocenters.